The molecule has 0 aromatic heterocycles. The van der Waals surface area contributed by atoms with E-state index < -0.39 is 5.60 Å². The molecule has 1 saturated carbocycles. The summed E-state index contributed by atoms with van der Waals surface area (Å²) in [5.74, 6) is 1.41. The molecule has 1 rings (SSSR count). The monoisotopic (exact) mass is 213 g/mol. The lowest BCUT2D eigenvalue weighted by Crippen LogP contribution is -2.44. The van der Waals surface area contributed by atoms with E-state index in [4.69, 9.17) is 0 Å². The lowest BCUT2D eigenvalue weighted by molar-refractivity contribution is -0.0121. The fourth-order valence-electron chi connectivity index (χ4n) is 2.49. The summed E-state index contributed by atoms with van der Waals surface area (Å²) < 4.78 is 0. The second kappa shape index (κ2) is 5.86. The average Bonchev–Trinajstić information content (AvgIpc) is 2.16. The first kappa shape index (κ1) is 13.0. The van der Waals surface area contributed by atoms with Gasteiger partial charge in [-0.2, -0.15) is 0 Å². The molecule has 0 aromatic rings. The Bertz CT molecular complexity index is 183. The van der Waals surface area contributed by atoms with Crippen molar-refractivity contribution in [1.29, 1.82) is 0 Å². The molecule has 1 aliphatic rings. The van der Waals surface area contributed by atoms with E-state index in [0.717, 1.165) is 31.8 Å². The normalized spacial score (nSPS) is 34.0. The number of hydrogen-bond donors (Lipinski definition) is 2. The minimum atomic E-state index is -0.425. The zero-order valence-electron chi connectivity index (χ0n) is 10.6. The van der Waals surface area contributed by atoms with E-state index in [2.05, 4.69) is 26.1 Å². The summed E-state index contributed by atoms with van der Waals surface area (Å²) in [6, 6.07) is 0. The molecule has 0 amide bonds. The highest BCUT2D eigenvalue weighted by Crippen LogP contribution is 2.31. The fraction of sp³-hybridized carbons (Fsp3) is 1.00. The molecular weight excluding hydrogens is 186 g/mol. The van der Waals surface area contributed by atoms with E-state index in [-0.39, 0.29) is 0 Å². The molecule has 0 saturated heterocycles. The third-order valence-corrected chi connectivity index (χ3v) is 3.71. The quantitative estimate of drug-likeness (QED) is 0.735. The molecule has 3 unspecified atom stereocenters. The molecule has 2 N–H and O–H groups in total. The van der Waals surface area contributed by atoms with Crippen LogP contribution >= 0.6 is 0 Å². The summed E-state index contributed by atoms with van der Waals surface area (Å²) in [5.41, 5.74) is -0.425. The van der Waals surface area contributed by atoms with Crippen molar-refractivity contribution in [3.8, 4) is 0 Å². The summed E-state index contributed by atoms with van der Waals surface area (Å²) in [6.07, 6.45) is 5.63. The zero-order chi connectivity index (χ0) is 11.3. The van der Waals surface area contributed by atoms with Crippen LogP contribution in [0.5, 0.6) is 0 Å². The molecular formula is C13H27NO. The highest BCUT2D eigenvalue weighted by Gasteiger charge is 2.31. The Hall–Kier alpha value is -0.0800. The average molecular weight is 213 g/mol. The lowest BCUT2D eigenvalue weighted by Gasteiger charge is -2.36. The Morgan fingerprint density at radius 2 is 2.27 bits per heavy atom. The van der Waals surface area contributed by atoms with Crippen LogP contribution in [-0.2, 0) is 0 Å². The van der Waals surface area contributed by atoms with Crippen molar-refractivity contribution in [3.05, 3.63) is 0 Å². The maximum absolute atomic E-state index is 10.4. The van der Waals surface area contributed by atoms with E-state index in [0.29, 0.717) is 5.92 Å². The number of aliphatic hydroxyl groups is 1. The second-order valence-electron chi connectivity index (χ2n) is 5.57. The Morgan fingerprint density at radius 3 is 2.87 bits per heavy atom. The zero-order valence-corrected chi connectivity index (χ0v) is 10.6. The smallest absolute Gasteiger partial charge is 0.0774 e. The van der Waals surface area contributed by atoms with E-state index in [1.807, 2.05) is 0 Å². The first-order chi connectivity index (χ1) is 7.06. The number of rotatable bonds is 5. The standard InChI is InChI=1S/C13H27NO/c1-4-11(2)9-14-10-13(15)7-5-6-12(3)8-13/h11-12,14-15H,4-10H2,1-3H3. The van der Waals surface area contributed by atoms with Crippen LogP contribution in [0.3, 0.4) is 0 Å². The van der Waals surface area contributed by atoms with Crippen LogP contribution in [-0.4, -0.2) is 23.8 Å². The molecule has 0 heterocycles. The largest absolute Gasteiger partial charge is 0.389 e. The third kappa shape index (κ3) is 4.52. The Balaban J connectivity index is 2.23. The van der Waals surface area contributed by atoms with Crippen molar-refractivity contribution in [3.63, 3.8) is 0 Å². The van der Waals surface area contributed by atoms with Crippen LogP contribution in [0.4, 0.5) is 0 Å². The van der Waals surface area contributed by atoms with Crippen molar-refractivity contribution in [2.24, 2.45) is 11.8 Å². The van der Waals surface area contributed by atoms with Crippen molar-refractivity contribution in [1.82, 2.24) is 5.32 Å². The summed E-state index contributed by atoms with van der Waals surface area (Å²) in [6.45, 7) is 8.53. The highest BCUT2D eigenvalue weighted by molar-refractivity contribution is 4.87. The van der Waals surface area contributed by atoms with Gasteiger partial charge in [0.15, 0.2) is 0 Å². The van der Waals surface area contributed by atoms with E-state index in [1.165, 1.54) is 19.3 Å². The molecule has 0 radical (unpaired) electrons. The van der Waals surface area contributed by atoms with Crippen LogP contribution in [0, 0.1) is 11.8 Å². The van der Waals surface area contributed by atoms with Gasteiger partial charge in [-0.1, -0.05) is 40.0 Å². The molecule has 0 aliphatic heterocycles. The topological polar surface area (TPSA) is 32.3 Å². The van der Waals surface area contributed by atoms with Gasteiger partial charge in [-0.05, 0) is 31.2 Å². The van der Waals surface area contributed by atoms with Crippen LogP contribution in [0.15, 0.2) is 0 Å². The lowest BCUT2D eigenvalue weighted by atomic mass is 9.79. The molecule has 1 aliphatic carbocycles. The van der Waals surface area contributed by atoms with Gasteiger partial charge in [0.2, 0.25) is 0 Å². The van der Waals surface area contributed by atoms with E-state index in [1.54, 1.807) is 0 Å². The maximum atomic E-state index is 10.4. The fourth-order valence-corrected chi connectivity index (χ4v) is 2.49. The highest BCUT2D eigenvalue weighted by atomic mass is 16.3. The minimum Gasteiger partial charge on any atom is -0.389 e. The van der Waals surface area contributed by atoms with Crippen molar-refractivity contribution in [2.45, 2.75) is 58.5 Å². The van der Waals surface area contributed by atoms with Gasteiger partial charge in [-0.3, -0.25) is 0 Å². The summed E-state index contributed by atoms with van der Waals surface area (Å²) >= 11 is 0. The van der Waals surface area contributed by atoms with Crippen molar-refractivity contribution in [2.75, 3.05) is 13.1 Å². The molecule has 3 atom stereocenters. The van der Waals surface area contributed by atoms with Gasteiger partial charge in [0, 0.05) is 6.54 Å². The molecule has 90 valence electrons. The summed E-state index contributed by atoms with van der Waals surface area (Å²) in [5, 5.41) is 13.8. The van der Waals surface area contributed by atoms with Crippen molar-refractivity contribution < 1.29 is 5.11 Å². The predicted octanol–water partition coefficient (Wildman–Crippen LogP) is 2.56. The molecule has 0 aromatic carbocycles. The first-order valence-corrected chi connectivity index (χ1v) is 6.49. The van der Waals surface area contributed by atoms with Gasteiger partial charge in [0.25, 0.3) is 0 Å². The van der Waals surface area contributed by atoms with Gasteiger partial charge in [-0.15, -0.1) is 0 Å². The molecule has 0 bridgehead atoms. The Labute approximate surface area is 94.5 Å². The molecule has 2 heteroatoms. The molecule has 15 heavy (non-hydrogen) atoms. The number of hydrogen-bond acceptors (Lipinski definition) is 2. The molecule has 1 fully saturated rings. The van der Waals surface area contributed by atoms with Gasteiger partial charge in [-0.25, -0.2) is 0 Å². The van der Waals surface area contributed by atoms with Crippen LogP contribution in [0.25, 0.3) is 0 Å². The van der Waals surface area contributed by atoms with Gasteiger partial charge in [0.05, 0.1) is 5.60 Å². The van der Waals surface area contributed by atoms with Crippen LogP contribution < -0.4 is 5.32 Å². The predicted molar refractivity (Wildman–Crippen MR) is 64.9 cm³/mol. The maximum Gasteiger partial charge on any atom is 0.0774 e. The van der Waals surface area contributed by atoms with Crippen molar-refractivity contribution >= 4 is 0 Å². The van der Waals surface area contributed by atoms with E-state index >= 15 is 0 Å². The van der Waals surface area contributed by atoms with Gasteiger partial charge in [0.1, 0.15) is 0 Å². The Morgan fingerprint density at radius 1 is 1.53 bits per heavy atom. The van der Waals surface area contributed by atoms with Crippen LogP contribution in [0.1, 0.15) is 52.9 Å². The number of nitrogens with one attached hydrogen (secondary N) is 1. The van der Waals surface area contributed by atoms with Gasteiger partial charge < -0.3 is 10.4 Å². The Kier molecular flexibility index (Phi) is 5.07. The SMILES string of the molecule is CCC(C)CNCC1(O)CCCC(C)C1. The second-order valence-corrected chi connectivity index (χ2v) is 5.57. The molecule has 0 spiro atoms. The van der Waals surface area contributed by atoms with Gasteiger partial charge >= 0.3 is 0 Å². The first-order valence-electron chi connectivity index (χ1n) is 6.49. The third-order valence-electron chi connectivity index (χ3n) is 3.71. The minimum absolute atomic E-state index is 0.425. The summed E-state index contributed by atoms with van der Waals surface area (Å²) in [7, 11) is 0. The van der Waals surface area contributed by atoms with Crippen LogP contribution in [0.2, 0.25) is 0 Å². The molecule has 2 nitrogen and oxygen atoms in total. The van der Waals surface area contributed by atoms with E-state index in [9.17, 15) is 5.11 Å². The summed E-state index contributed by atoms with van der Waals surface area (Å²) in [4.78, 5) is 0.